The first kappa shape index (κ1) is 25.1. The lowest BCUT2D eigenvalue weighted by atomic mass is 9.92. The van der Waals surface area contributed by atoms with Crippen molar-refractivity contribution in [3.05, 3.63) is 64.7 Å². The zero-order valence-corrected chi connectivity index (χ0v) is 20.5. The van der Waals surface area contributed by atoms with Crippen LogP contribution in [-0.4, -0.2) is 41.2 Å². The van der Waals surface area contributed by atoms with Crippen LogP contribution in [0, 0.1) is 5.92 Å². The lowest BCUT2D eigenvalue weighted by Gasteiger charge is -2.27. The number of nitrogens with zero attached hydrogens (tertiary/aromatic N) is 1. The normalized spacial score (nSPS) is 14.1. The van der Waals surface area contributed by atoms with E-state index >= 15 is 0 Å². The number of para-hydroxylation sites is 1. The largest absolute Gasteiger partial charge is 0.454 e. The van der Waals surface area contributed by atoms with E-state index in [4.69, 9.17) is 4.74 Å². The van der Waals surface area contributed by atoms with Gasteiger partial charge in [-0.2, -0.15) is 0 Å². The monoisotopic (exact) mass is 464 g/mol. The summed E-state index contributed by atoms with van der Waals surface area (Å²) >= 11 is 0. The average molecular weight is 465 g/mol. The number of hydrogen-bond donors (Lipinski definition) is 1. The fourth-order valence-electron chi connectivity index (χ4n) is 4.23. The molecule has 0 spiro atoms. The van der Waals surface area contributed by atoms with Crippen molar-refractivity contribution in [2.24, 2.45) is 5.92 Å². The van der Waals surface area contributed by atoms with Crippen molar-refractivity contribution in [2.75, 3.05) is 11.9 Å². The van der Waals surface area contributed by atoms with Crippen LogP contribution in [0.2, 0.25) is 0 Å². The molecule has 7 nitrogen and oxygen atoms in total. The highest BCUT2D eigenvalue weighted by Crippen LogP contribution is 2.32. The maximum absolute atomic E-state index is 13.0. The van der Waals surface area contributed by atoms with Crippen LogP contribution in [-0.2, 0) is 14.3 Å². The van der Waals surface area contributed by atoms with Gasteiger partial charge in [0.05, 0.1) is 11.1 Å². The molecule has 1 unspecified atom stereocenters. The summed E-state index contributed by atoms with van der Waals surface area (Å²) < 4.78 is 5.31. The summed E-state index contributed by atoms with van der Waals surface area (Å²) in [6.07, 6.45) is 0. The van der Waals surface area contributed by atoms with E-state index in [9.17, 15) is 19.2 Å². The van der Waals surface area contributed by atoms with Crippen molar-refractivity contribution in [3.8, 4) is 0 Å². The Hall–Kier alpha value is -3.48. The molecule has 3 amide bonds. The Kier molecular flexibility index (Phi) is 7.54. The third-order valence-corrected chi connectivity index (χ3v) is 5.96. The van der Waals surface area contributed by atoms with Gasteiger partial charge in [-0.1, -0.05) is 71.9 Å². The van der Waals surface area contributed by atoms with E-state index in [0.717, 1.165) is 21.7 Å². The van der Waals surface area contributed by atoms with Gasteiger partial charge in [-0.3, -0.25) is 19.3 Å². The molecular formula is C27H32N2O5. The molecule has 2 aromatic rings. The van der Waals surface area contributed by atoms with Crippen LogP contribution in [0.15, 0.2) is 42.5 Å². The number of anilines is 1. The Morgan fingerprint density at radius 2 is 1.32 bits per heavy atom. The van der Waals surface area contributed by atoms with E-state index in [1.165, 1.54) is 0 Å². The van der Waals surface area contributed by atoms with Gasteiger partial charge in [-0.25, -0.2) is 4.79 Å². The molecule has 7 heteroatoms. The molecule has 1 heterocycles. The van der Waals surface area contributed by atoms with Crippen LogP contribution < -0.4 is 5.32 Å². The van der Waals surface area contributed by atoms with Crippen molar-refractivity contribution in [2.45, 2.75) is 59.4 Å². The molecule has 1 N–H and O–H groups in total. The number of rotatable bonds is 8. The highest BCUT2D eigenvalue weighted by Gasteiger charge is 2.44. The average Bonchev–Trinajstić information content (AvgIpc) is 3.03. The number of amides is 3. The van der Waals surface area contributed by atoms with E-state index in [1.807, 2.05) is 45.9 Å². The van der Waals surface area contributed by atoms with E-state index in [1.54, 1.807) is 38.1 Å². The summed E-state index contributed by atoms with van der Waals surface area (Å²) in [5.41, 5.74) is 3.24. The minimum absolute atomic E-state index is 0.190. The zero-order valence-electron chi connectivity index (χ0n) is 20.5. The molecule has 0 fully saturated rings. The zero-order chi connectivity index (χ0) is 25.2. The Labute approximate surface area is 200 Å². The Morgan fingerprint density at radius 3 is 1.76 bits per heavy atom. The summed E-state index contributed by atoms with van der Waals surface area (Å²) in [5, 5.41) is 2.90. The second kappa shape index (κ2) is 10.2. The maximum Gasteiger partial charge on any atom is 0.330 e. The molecule has 0 saturated carbocycles. The standard InChI is InChI=1S/C27H32N2O5/c1-15(2)18-12-9-13-19(16(3)4)23(18)28-22(30)14-34-27(33)24(17(5)6)29-25(31)20-10-7-8-11-21(20)26(29)32/h7-13,15-17,24H,14H2,1-6H3,(H,28,30). The van der Waals surface area contributed by atoms with Gasteiger partial charge in [-0.15, -0.1) is 0 Å². The quantitative estimate of drug-likeness (QED) is 0.450. The van der Waals surface area contributed by atoms with E-state index < -0.39 is 42.3 Å². The molecule has 3 rings (SSSR count). The molecule has 0 aromatic heterocycles. The van der Waals surface area contributed by atoms with Crippen molar-refractivity contribution in [1.82, 2.24) is 4.90 Å². The maximum atomic E-state index is 13.0. The molecule has 1 aliphatic rings. The van der Waals surface area contributed by atoms with Crippen molar-refractivity contribution in [1.29, 1.82) is 0 Å². The first-order valence-corrected chi connectivity index (χ1v) is 11.6. The highest BCUT2D eigenvalue weighted by molar-refractivity contribution is 6.22. The lowest BCUT2D eigenvalue weighted by Crippen LogP contribution is -2.49. The van der Waals surface area contributed by atoms with Crippen molar-refractivity contribution < 1.29 is 23.9 Å². The second-order valence-corrected chi connectivity index (χ2v) is 9.49. The fourth-order valence-corrected chi connectivity index (χ4v) is 4.23. The van der Waals surface area contributed by atoms with Gasteiger partial charge in [-0.05, 0) is 41.0 Å². The number of esters is 1. The van der Waals surface area contributed by atoms with Crippen molar-refractivity contribution in [3.63, 3.8) is 0 Å². The molecule has 2 aromatic carbocycles. The summed E-state index contributed by atoms with van der Waals surface area (Å²) in [6, 6.07) is 11.2. The van der Waals surface area contributed by atoms with Crippen LogP contribution in [0.1, 0.15) is 85.2 Å². The third-order valence-electron chi connectivity index (χ3n) is 5.96. The predicted molar refractivity (Wildman–Crippen MR) is 130 cm³/mol. The Balaban J connectivity index is 1.75. The molecule has 0 saturated heterocycles. The van der Waals surface area contributed by atoms with Gasteiger partial charge in [0.25, 0.3) is 17.7 Å². The summed E-state index contributed by atoms with van der Waals surface area (Å²) in [5.74, 6) is -2.35. The lowest BCUT2D eigenvalue weighted by molar-refractivity contribution is -0.152. The minimum Gasteiger partial charge on any atom is -0.454 e. The second-order valence-electron chi connectivity index (χ2n) is 9.49. The molecule has 1 atom stereocenters. The SMILES string of the molecule is CC(C)c1cccc(C(C)C)c1NC(=O)COC(=O)C(C(C)C)N1C(=O)c2ccccc2C1=O. The first-order chi connectivity index (χ1) is 16.0. The topological polar surface area (TPSA) is 92.8 Å². The molecule has 0 bridgehead atoms. The van der Waals surface area contributed by atoms with Crippen LogP contribution in [0.5, 0.6) is 0 Å². The number of hydrogen-bond acceptors (Lipinski definition) is 5. The summed E-state index contributed by atoms with van der Waals surface area (Å²) in [7, 11) is 0. The molecule has 34 heavy (non-hydrogen) atoms. The predicted octanol–water partition coefficient (Wildman–Crippen LogP) is 4.74. The van der Waals surface area contributed by atoms with Crippen LogP contribution >= 0.6 is 0 Å². The van der Waals surface area contributed by atoms with Gasteiger partial charge in [0.15, 0.2) is 6.61 Å². The van der Waals surface area contributed by atoms with Crippen LogP contribution in [0.4, 0.5) is 5.69 Å². The number of ether oxygens (including phenoxy) is 1. The number of nitrogens with one attached hydrogen (secondary N) is 1. The van der Waals surface area contributed by atoms with E-state index in [2.05, 4.69) is 5.32 Å². The van der Waals surface area contributed by atoms with Crippen LogP contribution in [0.3, 0.4) is 0 Å². The van der Waals surface area contributed by atoms with Gasteiger partial charge in [0, 0.05) is 5.69 Å². The summed E-state index contributed by atoms with van der Waals surface area (Å²) in [6.45, 7) is 11.1. The van der Waals surface area contributed by atoms with E-state index in [-0.39, 0.29) is 23.0 Å². The van der Waals surface area contributed by atoms with E-state index in [0.29, 0.717) is 0 Å². The number of carbonyl (C=O) groups is 4. The molecular weight excluding hydrogens is 432 g/mol. The summed E-state index contributed by atoms with van der Waals surface area (Å²) in [4.78, 5) is 52.4. The Morgan fingerprint density at radius 1 is 0.824 bits per heavy atom. The Bertz CT molecular complexity index is 1060. The highest BCUT2D eigenvalue weighted by atomic mass is 16.5. The third kappa shape index (κ3) is 4.88. The smallest absolute Gasteiger partial charge is 0.330 e. The minimum atomic E-state index is -1.13. The number of imide groups is 1. The number of fused-ring (bicyclic) bond motifs is 1. The van der Waals surface area contributed by atoms with Gasteiger partial charge < -0.3 is 10.1 Å². The molecule has 0 radical (unpaired) electrons. The van der Waals surface area contributed by atoms with Crippen LogP contribution in [0.25, 0.3) is 0 Å². The molecule has 1 aliphatic heterocycles. The van der Waals surface area contributed by atoms with Gasteiger partial charge in [0.2, 0.25) is 0 Å². The fraction of sp³-hybridized carbons (Fsp3) is 0.407. The van der Waals surface area contributed by atoms with Gasteiger partial charge in [0.1, 0.15) is 6.04 Å². The number of benzene rings is 2. The first-order valence-electron chi connectivity index (χ1n) is 11.6. The van der Waals surface area contributed by atoms with Crippen molar-refractivity contribution >= 4 is 29.4 Å². The van der Waals surface area contributed by atoms with Gasteiger partial charge >= 0.3 is 5.97 Å². The molecule has 180 valence electrons. The number of carbonyl (C=O) groups excluding carboxylic acids is 4. The molecule has 0 aliphatic carbocycles.